The summed E-state index contributed by atoms with van der Waals surface area (Å²) in [7, 11) is 0. The highest BCUT2D eigenvalue weighted by atomic mass is 32.1. The van der Waals surface area contributed by atoms with Crippen LogP contribution >= 0.6 is 12.2 Å². The molecule has 3 rings (SSSR count). The van der Waals surface area contributed by atoms with Crippen LogP contribution in [0.4, 0.5) is 0 Å². The van der Waals surface area contributed by atoms with E-state index in [4.69, 9.17) is 18.0 Å². The molecule has 0 atom stereocenters. The normalized spacial score (nSPS) is 10.8. The molecule has 2 aromatic carbocycles. The number of fused-ring (bicyclic) bond motifs is 1. The third-order valence-electron chi connectivity index (χ3n) is 3.14. The zero-order valence-electron chi connectivity index (χ0n) is 10.5. The summed E-state index contributed by atoms with van der Waals surface area (Å²) in [5, 5.41) is 0. The zero-order chi connectivity index (χ0) is 13.4. The first-order chi connectivity index (χ1) is 9.18. The van der Waals surface area contributed by atoms with Gasteiger partial charge in [-0.25, -0.2) is 4.98 Å². The molecule has 0 spiro atoms. The number of nitrogens with zero attached hydrogens (tertiary/aromatic N) is 2. The van der Waals surface area contributed by atoms with Crippen molar-refractivity contribution in [1.29, 1.82) is 0 Å². The van der Waals surface area contributed by atoms with E-state index < -0.39 is 0 Å². The fourth-order valence-corrected chi connectivity index (χ4v) is 2.50. The van der Waals surface area contributed by atoms with Gasteiger partial charge in [0.15, 0.2) is 0 Å². The summed E-state index contributed by atoms with van der Waals surface area (Å²) >= 11 is 5.13. The third-order valence-corrected chi connectivity index (χ3v) is 3.36. The molecule has 0 amide bonds. The monoisotopic (exact) mass is 267 g/mol. The van der Waals surface area contributed by atoms with Gasteiger partial charge in [-0.2, -0.15) is 0 Å². The number of imidazole rings is 1. The van der Waals surface area contributed by atoms with Crippen molar-refractivity contribution < 1.29 is 0 Å². The smallest absolute Gasteiger partial charge is 0.111 e. The van der Waals surface area contributed by atoms with E-state index in [1.54, 1.807) is 0 Å². The van der Waals surface area contributed by atoms with Gasteiger partial charge in [-0.05, 0) is 31.2 Å². The molecule has 0 saturated heterocycles. The van der Waals surface area contributed by atoms with E-state index in [2.05, 4.69) is 9.55 Å². The summed E-state index contributed by atoms with van der Waals surface area (Å²) in [6.45, 7) is 1.98. The van der Waals surface area contributed by atoms with Crippen LogP contribution in [0.1, 0.15) is 11.4 Å². The van der Waals surface area contributed by atoms with Crippen LogP contribution in [0, 0.1) is 6.92 Å². The van der Waals surface area contributed by atoms with Crippen molar-refractivity contribution in [3.8, 4) is 5.69 Å². The van der Waals surface area contributed by atoms with Crippen molar-refractivity contribution in [2.24, 2.45) is 5.73 Å². The molecule has 0 saturated carbocycles. The number of benzene rings is 2. The number of hydrogen-bond donors (Lipinski definition) is 1. The fraction of sp³-hybridized carbons (Fsp3) is 0.0667. The Labute approximate surface area is 116 Å². The molecule has 3 aromatic rings. The maximum absolute atomic E-state index is 5.81. The van der Waals surface area contributed by atoms with Gasteiger partial charge in [0.25, 0.3) is 0 Å². The van der Waals surface area contributed by atoms with Crippen molar-refractivity contribution in [3.63, 3.8) is 0 Å². The maximum atomic E-state index is 5.81. The van der Waals surface area contributed by atoms with E-state index >= 15 is 0 Å². The van der Waals surface area contributed by atoms with Crippen LogP contribution < -0.4 is 5.73 Å². The number of thiocarbonyl (C=S) groups is 1. The molecule has 0 aliphatic carbocycles. The van der Waals surface area contributed by atoms with Crippen LogP contribution in [0.3, 0.4) is 0 Å². The SMILES string of the molecule is Cc1nc2ccccc2n1-c1ccccc1C(N)=S. The van der Waals surface area contributed by atoms with E-state index in [1.807, 2.05) is 55.5 Å². The molecule has 19 heavy (non-hydrogen) atoms. The van der Waals surface area contributed by atoms with E-state index in [9.17, 15) is 0 Å². The fourth-order valence-electron chi connectivity index (χ4n) is 2.33. The molecule has 0 bridgehead atoms. The lowest BCUT2D eigenvalue weighted by Gasteiger charge is -2.11. The second kappa shape index (κ2) is 4.48. The first-order valence-electron chi connectivity index (χ1n) is 6.02. The number of aromatic nitrogens is 2. The molecule has 0 fully saturated rings. The Bertz CT molecular complexity index is 774. The minimum atomic E-state index is 0.396. The molecule has 0 radical (unpaired) electrons. The first-order valence-corrected chi connectivity index (χ1v) is 6.42. The van der Waals surface area contributed by atoms with Crippen LogP contribution in [0.5, 0.6) is 0 Å². The van der Waals surface area contributed by atoms with Crippen LogP contribution in [-0.4, -0.2) is 14.5 Å². The number of nitrogens with two attached hydrogens (primary N) is 1. The topological polar surface area (TPSA) is 43.8 Å². The summed E-state index contributed by atoms with van der Waals surface area (Å²) < 4.78 is 2.09. The lowest BCUT2D eigenvalue weighted by molar-refractivity contribution is 0.998. The molecule has 0 unspecified atom stereocenters. The average molecular weight is 267 g/mol. The molecule has 1 aromatic heterocycles. The Kier molecular flexibility index (Phi) is 2.80. The lowest BCUT2D eigenvalue weighted by atomic mass is 10.1. The van der Waals surface area contributed by atoms with Gasteiger partial charge in [-0.15, -0.1) is 0 Å². The minimum Gasteiger partial charge on any atom is -0.389 e. The van der Waals surface area contributed by atoms with Crippen LogP contribution in [0.25, 0.3) is 16.7 Å². The minimum absolute atomic E-state index is 0.396. The van der Waals surface area contributed by atoms with E-state index in [-0.39, 0.29) is 0 Å². The average Bonchev–Trinajstić information content (AvgIpc) is 2.74. The van der Waals surface area contributed by atoms with Crippen molar-refractivity contribution in [1.82, 2.24) is 9.55 Å². The number of hydrogen-bond acceptors (Lipinski definition) is 2. The maximum Gasteiger partial charge on any atom is 0.111 e. The van der Waals surface area contributed by atoms with Crippen LogP contribution in [0.15, 0.2) is 48.5 Å². The molecule has 94 valence electrons. The Morgan fingerprint density at radius 2 is 1.79 bits per heavy atom. The van der Waals surface area contributed by atoms with Gasteiger partial charge < -0.3 is 5.73 Å². The third kappa shape index (κ3) is 1.90. The Morgan fingerprint density at radius 3 is 2.58 bits per heavy atom. The largest absolute Gasteiger partial charge is 0.389 e. The van der Waals surface area contributed by atoms with Gasteiger partial charge in [0.2, 0.25) is 0 Å². The second-order valence-electron chi connectivity index (χ2n) is 4.36. The van der Waals surface area contributed by atoms with Gasteiger partial charge in [0.1, 0.15) is 10.8 Å². The summed E-state index contributed by atoms with van der Waals surface area (Å²) in [4.78, 5) is 4.96. The first kappa shape index (κ1) is 11.9. The predicted molar refractivity (Wildman–Crippen MR) is 81.7 cm³/mol. The molecule has 4 heteroatoms. The second-order valence-corrected chi connectivity index (χ2v) is 4.80. The van der Waals surface area contributed by atoms with E-state index in [1.165, 1.54) is 0 Å². The van der Waals surface area contributed by atoms with Gasteiger partial charge >= 0.3 is 0 Å². The highest BCUT2D eigenvalue weighted by Crippen LogP contribution is 2.23. The van der Waals surface area contributed by atoms with E-state index in [0.29, 0.717) is 4.99 Å². The Hall–Kier alpha value is -2.20. The summed E-state index contributed by atoms with van der Waals surface area (Å²) in [6, 6.07) is 15.9. The molecular weight excluding hydrogens is 254 g/mol. The Balaban J connectivity index is 2.37. The quantitative estimate of drug-likeness (QED) is 0.726. The van der Waals surface area contributed by atoms with Crippen molar-refractivity contribution in [2.75, 3.05) is 0 Å². The summed E-state index contributed by atoms with van der Waals surface area (Å²) in [5.74, 6) is 0.921. The molecule has 0 aliphatic rings. The van der Waals surface area contributed by atoms with Gasteiger partial charge in [0, 0.05) is 5.56 Å². The zero-order valence-corrected chi connectivity index (χ0v) is 11.3. The summed E-state index contributed by atoms with van der Waals surface area (Å²) in [6.07, 6.45) is 0. The van der Waals surface area contributed by atoms with Crippen molar-refractivity contribution in [3.05, 3.63) is 59.9 Å². The number of para-hydroxylation sites is 3. The van der Waals surface area contributed by atoms with Crippen LogP contribution in [0.2, 0.25) is 0 Å². The molecule has 1 heterocycles. The Morgan fingerprint density at radius 1 is 1.11 bits per heavy atom. The molecule has 2 N–H and O–H groups in total. The van der Waals surface area contributed by atoms with Gasteiger partial charge in [-0.1, -0.05) is 36.5 Å². The summed E-state index contributed by atoms with van der Waals surface area (Å²) in [5.41, 5.74) is 9.68. The molecule has 0 aliphatic heterocycles. The highest BCUT2D eigenvalue weighted by Gasteiger charge is 2.12. The highest BCUT2D eigenvalue weighted by molar-refractivity contribution is 7.80. The van der Waals surface area contributed by atoms with Crippen molar-refractivity contribution >= 4 is 28.2 Å². The van der Waals surface area contributed by atoms with E-state index in [0.717, 1.165) is 28.1 Å². The predicted octanol–water partition coefficient (Wildman–Crippen LogP) is 2.97. The van der Waals surface area contributed by atoms with Gasteiger partial charge in [0.05, 0.1) is 16.7 Å². The van der Waals surface area contributed by atoms with Gasteiger partial charge in [-0.3, -0.25) is 4.57 Å². The lowest BCUT2D eigenvalue weighted by Crippen LogP contribution is -2.13. The number of rotatable bonds is 2. The standard InChI is InChI=1S/C15H13N3S/c1-10-17-12-7-3-5-9-14(12)18(10)13-8-4-2-6-11(13)15(16)19/h2-9H,1H3,(H2,16,19). The van der Waals surface area contributed by atoms with Crippen LogP contribution in [-0.2, 0) is 0 Å². The number of aryl methyl sites for hydroxylation is 1. The molecule has 3 nitrogen and oxygen atoms in total. The van der Waals surface area contributed by atoms with Crippen molar-refractivity contribution in [2.45, 2.75) is 6.92 Å². The molecular formula is C15H13N3S.